The van der Waals surface area contributed by atoms with E-state index in [0.717, 1.165) is 24.2 Å². The average Bonchev–Trinajstić information content (AvgIpc) is 2.71. The summed E-state index contributed by atoms with van der Waals surface area (Å²) < 4.78 is 0. The first-order valence-electron chi connectivity index (χ1n) is 8.47. The molecule has 4 rings (SSSR count). The molecule has 2 aliphatic heterocycles. The van der Waals surface area contributed by atoms with Crippen LogP contribution in [0.2, 0.25) is 0 Å². The summed E-state index contributed by atoms with van der Waals surface area (Å²) in [5.41, 5.74) is 4.30. The van der Waals surface area contributed by atoms with Crippen molar-refractivity contribution in [3.8, 4) is 11.1 Å². The molecular formula is C20H22N2O. The smallest absolute Gasteiger partial charge is 0.255 e. The van der Waals surface area contributed by atoms with Gasteiger partial charge in [0.05, 0.1) is 0 Å². The lowest BCUT2D eigenvalue weighted by molar-refractivity contribution is 0.0340. The highest BCUT2D eigenvalue weighted by molar-refractivity contribution is 6.02. The second kappa shape index (κ2) is 5.82. The minimum absolute atomic E-state index is 0.0337. The van der Waals surface area contributed by atoms with Crippen LogP contribution < -0.4 is 0 Å². The van der Waals surface area contributed by atoms with E-state index in [-0.39, 0.29) is 12.1 Å². The van der Waals surface area contributed by atoms with Gasteiger partial charge in [0.1, 0.15) is 6.17 Å². The van der Waals surface area contributed by atoms with Crippen LogP contribution in [0.15, 0.2) is 48.5 Å². The molecule has 0 saturated carbocycles. The maximum absolute atomic E-state index is 13.1. The Hall–Kier alpha value is -2.13. The molecule has 1 saturated heterocycles. The molecule has 0 unspecified atom stereocenters. The fraction of sp³-hybridized carbons (Fsp3) is 0.350. The van der Waals surface area contributed by atoms with Crippen molar-refractivity contribution < 1.29 is 4.79 Å². The summed E-state index contributed by atoms with van der Waals surface area (Å²) in [6, 6.07) is 16.5. The molecule has 3 nitrogen and oxygen atoms in total. The summed E-state index contributed by atoms with van der Waals surface area (Å²) in [6.07, 6.45) is 3.76. The molecule has 118 valence electrons. The van der Waals surface area contributed by atoms with Crippen LogP contribution in [-0.2, 0) is 0 Å². The number of rotatable bonds is 1. The molecule has 2 aromatic carbocycles. The maximum atomic E-state index is 13.1. The molecule has 0 bridgehead atoms. The van der Waals surface area contributed by atoms with Gasteiger partial charge in [0.2, 0.25) is 0 Å². The maximum Gasteiger partial charge on any atom is 0.255 e. The number of nitrogens with zero attached hydrogens (tertiary/aromatic N) is 2. The van der Waals surface area contributed by atoms with E-state index in [1.807, 2.05) is 30.1 Å². The normalized spacial score (nSPS) is 21.5. The number of fused-ring (bicyclic) bond motifs is 3. The van der Waals surface area contributed by atoms with Crippen LogP contribution >= 0.6 is 0 Å². The Morgan fingerprint density at radius 3 is 2.17 bits per heavy atom. The molecule has 1 amide bonds. The fourth-order valence-electron chi connectivity index (χ4n) is 3.99. The zero-order valence-corrected chi connectivity index (χ0v) is 13.5. The number of carbonyl (C=O) groups is 1. The molecule has 2 aliphatic rings. The van der Waals surface area contributed by atoms with E-state index in [4.69, 9.17) is 0 Å². The molecular weight excluding hydrogens is 284 g/mol. The third-order valence-corrected chi connectivity index (χ3v) is 5.11. The Bertz CT molecular complexity index is 734. The predicted octanol–water partition coefficient (Wildman–Crippen LogP) is 3.92. The minimum Gasteiger partial charge on any atom is -0.322 e. The van der Waals surface area contributed by atoms with Gasteiger partial charge in [-0.1, -0.05) is 48.9 Å². The second-order valence-corrected chi connectivity index (χ2v) is 6.52. The number of benzene rings is 2. The van der Waals surface area contributed by atoms with Crippen LogP contribution in [0.3, 0.4) is 0 Å². The first-order valence-corrected chi connectivity index (χ1v) is 8.47. The number of amides is 1. The van der Waals surface area contributed by atoms with E-state index >= 15 is 0 Å². The average molecular weight is 306 g/mol. The van der Waals surface area contributed by atoms with Crippen LogP contribution in [0.5, 0.6) is 0 Å². The Kier molecular flexibility index (Phi) is 3.66. The van der Waals surface area contributed by atoms with Crippen molar-refractivity contribution in [3.05, 3.63) is 59.7 Å². The highest BCUT2D eigenvalue weighted by Crippen LogP contribution is 2.39. The quantitative estimate of drug-likeness (QED) is 0.797. The summed E-state index contributed by atoms with van der Waals surface area (Å²) in [4.78, 5) is 17.4. The van der Waals surface area contributed by atoms with Crippen molar-refractivity contribution in [2.75, 3.05) is 20.1 Å². The molecule has 1 fully saturated rings. The number of hydrogen-bond acceptors (Lipinski definition) is 2. The Morgan fingerprint density at radius 2 is 1.43 bits per heavy atom. The van der Waals surface area contributed by atoms with Gasteiger partial charge >= 0.3 is 0 Å². The van der Waals surface area contributed by atoms with Crippen molar-refractivity contribution in [1.82, 2.24) is 9.80 Å². The van der Waals surface area contributed by atoms with E-state index in [1.54, 1.807) is 0 Å². The molecule has 0 aliphatic carbocycles. The van der Waals surface area contributed by atoms with E-state index in [9.17, 15) is 4.79 Å². The molecule has 3 heteroatoms. The third kappa shape index (κ3) is 2.36. The SMILES string of the molecule is CN1C(=O)c2ccccc2-c2ccccc2[C@H]1N1CCCCC1. The van der Waals surface area contributed by atoms with Crippen LogP contribution in [0.25, 0.3) is 11.1 Å². The van der Waals surface area contributed by atoms with Crippen LogP contribution in [0, 0.1) is 0 Å². The van der Waals surface area contributed by atoms with Gasteiger partial charge in [-0.05, 0) is 35.6 Å². The van der Waals surface area contributed by atoms with Gasteiger partial charge in [0, 0.05) is 25.7 Å². The molecule has 0 radical (unpaired) electrons. The summed E-state index contributed by atoms with van der Waals surface area (Å²) in [6.45, 7) is 2.12. The monoisotopic (exact) mass is 306 g/mol. The van der Waals surface area contributed by atoms with Gasteiger partial charge in [0.15, 0.2) is 0 Å². The van der Waals surface area contributed by atoms with Crippen LogP contribution in [-0.4, -0.2) is 35.8 Å². The fourth-order valence-corrected chi connectivity index (χ4v) is 3.99. The molecule has 2 aromatic rings. The lowest BCUT2D eigenvalue weighted by Crippen LogP contribution is -2.44. The lowest BCUT2D eigenvalue weighted by atomic mass is 9.95. The van der Waals surface area contributed by atoms with E-state index in [2.05, 4.69) is 35.2 Å². The predicted molar refractivity (Wildman–Crippen MR) is 92.1 cm³/mol. The van der Waals surface area contributed by atoms with Crippen molar-refractivity contribution in [1.29, 1.82) is 0 Å². The molecule has 1 atom stereocenters. The van der Waals surface area contributed by atoms with Crippen LogP contribution in [0.1, 0.15) is 41.3 Å². The van der Waals surface area contributed by atoms with E-state index in [1.165, 1.54) is 30.4 Å². The Morgan fingerprint density at radius 1 is 0.826 bits per heavy atom. The van der Waals surface area contributed by atoms with Crippen molar-refractivity contribution >= 4 is 5.91 Å². The topological polar surface area (TPSA) is 23.6 Å². The van der Waals surface area contributed by atoms with Crippen molar-refractivity contribution in [3.63, 3.8) is 0 Å². The standard InChI is InChI=1S/C20H22N2O/c1-21-19(22-13-7-2-8-14-22)17-11-5-3-9-15(17)16-10-4-6-12-18(16)20(21)23/h3-6,9-12,19H,2,7-8,13-14H2,1H3/t19-/m1/s1. The zero-order chi connectivity index (χ0) is 15.8. The summed E-state index contributed by atoms with van der Waals surface area (Å²) in [5.74, 6) is 0.118. The van der Waals surface area contributed by atoms with Gasteiger partial charge in [-0.15, -0.1) is 0 Å². The van der Waals surface area contributed by atoms with Crippen molar-refractivity contribution in [2.45, 2.75) is 25.4 Å². The number of piperidine rings is 1. The van der Waals surface area contributed by atoms with Gasteiger partial charge in [-0.3, -0.25) is 9.69 Å². The number of hydrogen-bond donors (Lipinski definition) is 0. The Balaban J connectivity index is 1.90. The summed E-state index contributed by atoms with van der Waals surface area (Å²) in [5, 5.41) is 0. The van der Waals surface area contributed by atoms with Crippen LogP contribution in [0.4, 0.5) is 0 Å². The summed E-state index contributed by atoms with van der Waals surface area (Å²) in [7, 11) is 1.94. The van der Waals surface area contributed by atoms with Crippen molar-refractivity contribution in [2.24, 2.45) is 0 Å². The zero-order valence-electron chi connectivity index (χ0n) is 13.5. The van der Waals surface area contributed by atoms with Gasteiger partial charge in [0.25, 0.3) is 5.91 Å². The molecule has 0 spiro atoms. The summed E-state index contributed by atoms with van der Waals surface area (Å²) >= 11 is 0. The largest absolute Gasteiger partial charge is 0.322 e. The van der Waals surface area contributed by atoms with Gasteiger partial charge in [-0.2, -0.15) is 0 Å². The molecule has 0 N–H and O–H groups in total. The molecule has 2 heterocycles. The second-order valence-electron chi connectivity index (χ2n) is 6.52. The highest BCUT2D eigenvalue weighted by atomic mass is 16.2. The lowest BCUT2D eigenvalue weighted by Gasteiger charge is -2.39. The minimum atomic E-state index is 0.0337. The number of likely N-dealkylation sites (tertiary alicyclic amines) is 1. The van der Waals surface area contributed by atoms with E-state index < -0.39 is 0 Å². The number of carbonyl (C=O) groups excluding carboxylic acids is 1. The first-order chi connectivity index (χ1) is 11.3. The Labute approximate surface area is 137 Å². The van der Waals surface area contributed by atoms with E-state index in [0.29, 0.717) is 0 Å². The molecule has 23 heavy (non-hydrogen) atoms. The third-order valence-electron chi connectivity index (χ3n) is 5.11. The molecule has 0 aromatic heterocycles. The first kappa shape index (κ1) is 14.5. The highest BCUT2D eigenvalue weighted by Gasteiger charge is 2.34. The van der Waals surface area contributed by atoms with Gasteiger partial charge in [-0.25, -0.2) is 0 Å². The van der Waals surface area contributed by atoms with Gasteiger partial charge < -0.3 is 4.90 Å².